The molecule has 0 saturated carbocycles. The Bertz CT molecular complexity index is 614. The van der Waals surface area contributed by atoms with Crippen LogP contribution in [0.25, 0.3) is 0 Å². The summed E-state index contributed by atoms with van der Waals surface area (Å²) in [5.74, 6) is 1.42. The van der Waals surface area contributed by atoms with Gasteiger partial charge in [-0.25, -0.2) is 0 Å². The highest BCUT2D eigenvalue weighted by molar-refractivity contribution is 9.10. The molecule has 0 amide bonds. The molecule has 0 fully saturated rings. The van der Waals surface area contributed by atoms with E-state index in [1.54, 1.807) is 0 Å². The first-order chi connectivity index (χ1) is 10.2. The largest absolute Gasteiger partial charge is 0.494 e. The number of ether oxygens (including phenoxy) is 1. The summed E-state index contributed by atoms with van der Waals surface area (Å²) in [5, 5.41) is 0. The van der Waals surface area contributed by atoms with Crippen LogP contribution in [-0.2, 0) is 6.42 Å². The highest BCUT2D eigenvalue weighted by Crippen LogP contribution is 2.34. The van der Waals surface area contributed by atoms with Crippen LogP contribution in [0.3, 0.4) is 0 Å². The first-order valence-corrected chi connectivity index (χ1v) is 8.25. The lowest BCUT2D eigenvalue weighted by Gasteiger charge is -2.31. The van der Waals surface area contributed by atoms with Crippen molar-refractivity contribution in [3.05, 3.63) is 64.1 Å². The third-order valence-electron chi connectivity index (χ3n) is 4.26. The molecule has 1 aliphatic carbocycles. The highest BCUT2D eigenvalue weighted by Gasteiger charge is 2.26. The number of hydrogen-bond acceptors (Lipinski definition) is 2. The molecule has 0 saturated heterocycles. The molecule has 0 radical (unpaired) electrons. The van der Waals surface area contributed by atoms with Crippen molar-refractivity contribution in [2.24, 2.45) is 11.7 Å². The summed E-state index contributed by atoms with van der Waals surface area (Å²) in [6, 6.07) is 16.7. The lowest BCUT2D eigenvalue weighted by Crippen LogP contribution is -2.28. The normalized spacial score (nSPS) is 20.9. The molecule has 21 heavy (non-hydrogen) atoms. The zero-order valence-electron chi connectivity index (χ0n) is 12.0. The second kappa shape index (κ2) is 6.63. The smallest absolute Gasteiger partial charge is 0.120 e. The van der Waals surface area contributed by atoms with Gasteiger partial charge >= 0.3 is 0 Å². The zero-order valence-corrected chi connectivity index (χ0v) is 13.6. The average Bonchev–Trinajstić information content (AvgIpc) is 2.50. The minimum atomic E-state index is 0.140. The Labute approximate surface area is 134 Å². The van der Waals surface area contributed by atoms with Crippen molar-refractivity contribution in [1.82, 2.24) is 0 Å². The van der Waals surface area contributed by atoms with Crippen LogP contribution in [0.5, 0.6) is 5.75 Å². The summed E-state index contributed by atoms with van der Waals surface area (Å²) in [6.07, 6.45) is 3.29. The van der Waals surface area contributed by atoms with E-state index < -0.39 is 0 Å². The van der Waals surface area contributed by atoms with Gasteiger partial charge in [0, 0.05) is 10.5 Å². The van der Waals surface area contributed by atoms with Gasteiger partial charge in [-0.1, -0.05) is 46.3 Å². The predicted molar refractivity (Wildman–Crippen MR) is 89.4 cm³/mol. The molecule has 0 spiro atoms. The van der Waals surface area contributed by atoms with Crippen molar-refractivity contribution in [3.8, 4) is 5.75 Å². The van der Waals surface area contributed by atoms with Gasteiger partial charge in [0.05, 0.1) is 6.61 Å². The summed E-state index contributed by atoms with van der Waals surface area (Å²) in [7, 11) is 0. The van der Waals surface area contributed by atoms with Gasteiger partial charge in [-0.3, -0.25) is 0 Å². The molecule has 2 aromatic carbocycles. The van der Waals surface area contributed by atoms with Crippen LogP contribution in [0.15, 0.2) is 53.0 Å². The second-order valence-corrected chi connectivity index (χ2v) is 6.53. The number of rotatable bonds is 4. The van der Waals surface area contributed by atoms with Gasteiger partial charge in [-0.15, -0.1) is 0 Å². The number of fused-ring (bicyclic) bond motifs is 1. The van der Waals surface area contributed by atoms with Crippen LogP contribution in [0.1, 0.15) is 30.0 Å². The number of halogens is 1. The Balaban J connectivity index is 1.57. The van der Waals surface area contributed by atoms with Crippen LogP contribution >= 0.6 is 15.9 Å². The average molecular weight is 346 g/mol. The van der Waals surface area contributed by atoms with E-state index in [0.717, 1.165) is 36.1 Å². The molecule has 0 aliphatic heterocycles. The van der Waals surface area contributed by atoms with Gasteiger partial charge in [-0.2, -0.15) is 0 Å². The summed E-state index contributed by atoms with van der Waals surface area (Å²) < 4.78 is 6.89. The van der Waals surface area contributed by atoms with Crippen molar-refractivity contribution in [3.63, 3.8) is 0 Å². The first-order valence-electron chi connectivity index (χ1n) is 7.46. The van der Waals surface area contributed by atoms with Crippen molar-refractivity contribution >= 4 is 15.9 Å². The lowest BCUT2D eigenvalue weighted by molar-refractivity contribution is 0.248. The van der Waals surface area contributed by atoms with E-state index in [1.165, 1.54) is 11.1 Å². The molecular weight excluding hydrogens is 326 g/mol. The van der Waals surface area contributed by atoms with Gasteiger partial charge in [0.15, 0.2) is 0 Å². The zero-order chi connectivity index (χ0) is 14.7. The molecule has 2 aromatic rings. The van der Waals surface area contributed by atoms with E-state index in [2.05, 4.69) is 40.2 Å². The first kappa shape index (κ1) is 14.6. The van der Waals surface area contributed by atoms with Crippen LogP contribution < -0.4 is 10.5 Å². The van der Waals surface area contributed by atoms with Crippen LogP contribution in [0, 0.1) is 5.92 Å². The van der Waals surface area contributed by atoms with E-state index >= 15 is 0 Å². The Hall–Kier alpha value is -1.32. The van der Waals surface area contributed by atoms with E-state index in [4.69, 9.17) is 10.5 Å². The van der Waals surface area contributed by atoms with Gasteiger partial charge in [0.1, 0.15) is 5.75 Å². The van der Waals surface area contributed by atoms with Crippen molar-refractivity contribution in [1.29, 1.82) is 0 Å². The maximum atomic E-state index is 6.43. The summed E-state index contributed by atoms with van der Waals surface area (Å²) in [4.78, 5) is 0. The Morgan fingerprint density at radius 2 is 2.00 bits per heavy atom. The molecular formula is C18H20BrNO. The van der Waals surface area contributed by atoms with E-state index in [9.17, 15) is 0 Å². The fourth-order valence-electron chi connectivity index (χ4n) is 3.07. The number of benzene rings is 2. The highest BCUT2D eigenvalue weighted by atomic mass is 79.9. The summed E-state index contributed by atoms with van der Waals surface area (Å²) in [6.45, 7) is 0.719. The molecule has 2 nitrogen and oxygen atoms in total. The van der Waals surface area contributed by atoms with Crippen molar-refractivity contribution in [2.45, 2.75) is 25.3 Å². The van der Waals surface area contributed by atoms with Gasteiger partial charge in [0.2, 0.25) is 0 Å². The summed E-state index contributed by atoms with van der Waals surface area (Å²) >= 11 is 3.46. The van der Waals surface area contributed by atoms with Gasteiger partial charge < -0.3 is 10.5 Å². The SMILES string of the molecule is NC1c2ccccc2CCC1CCOc1cccc(Br)c1. The minimum absolute atomic E-state index is 0.140. The standard InChI is InChI=1S/C18H20BrNO/c19-15-5-3-6-16(12-15)21-11-10-14-9-8-13-4-1-2-7-17(13)18(14)20/h1-7,12,14,18H,8-11,20H2. The lowest BCUT2D eigenvalue weighted by atomic mass is 9.79. The van der Waals surface area contributed by atoms with Crippen molar-refractivity contribution < 1.29 is 4.74 Å². The number of hydrogen-bond donors (Lipinski definition) is 1. The van der Waals surface area contributed by atoms with Crippen molar-refractivity contribution in [2.75, 3.05) is 6.61 Å². The fourth-order valence-corrected chi connectivity index (χ4v) is 3.45. The maximum absolute atomic E-state index is 6.43. The molecule has 3 rings (SSSR count). The molecule has 2 N–H and O–H groups in total. The van der Waals surface area contributed by atoms with Gasteiger partial charge in [-0.05, 0) is 54.5 Å². The molecule has 1 aliphatic rings. The van der Waals surface area contributed by atoms with E-state index in [0.29, 0.717) is 5.92 Å². The molecule has 0 aromatic heterocycles. The van der Waals surface area contributed by atoms with E-state index in [1.807, 2.05) is 24.3 Å². The molecule has 3 heteroatoms. The topological polar surface area (TPSA) is 35.2 Å². The number of nitrogens with two attached hydrogens (primary N) is 1. The second-order valence-electron chi connectivity index (χ2n) is 5.62. The monoisotopic (exact) mass is 345 g/mol. The summed E-state index contributed by atoms with van der Waals surface area (Å²) in [5.41, 5.74) is 9.16. The number of aryl methyl sites for hydroxylation is 1. The van der Waals surface area contributed by atoms with Crippen LogP contribution in [0.2, 0.25) is 0 Å². The quantitative estimate of drug-likeness (QED) is 0.886. The molecule has 110 valence electrons. The molecule has 2 atom stereocenters. The molecule has 0 bridgehead atoms. The minimum Gasteiger partial charge on any atom is -0.494 e. The third-order valence-corrected chi connectivity index (χ3v) is 4.75. The Kier molecular flexibility index (Phi) is 4.61. The van der Waals surface area contributed by atoms with E-state index in [-0.39, 0.29) is 6.04 Å². The predicted octanol–water partition coefficient (Wildman–Crippen LogP) is 4.48. The fraction of sp³-hybridized carbons (Fsp3) is 0.333. The Morgan fingerprint density at radius 3 is 2.86 bits per heavy atom. The molecule has 2 unspecified atom stereocenters. The molecule has 0 heterocycles. The maximum Gasteiger partial charge on any atom is 0.120 e. The third kappa shape index (κ3) is 3.47. The van der Waals surface area contributed by atoms with Crippen LogP contribution in [0.4, 0.5) is 0 Å². The van der Waals surface area contributed by atoms with Crippen LogP contribution in [-0.4, -0.2) is 6.61 Å². The Morgan fingerprint density at radius 1 is 1.14 bits per heavy atom. The van der Waals surface area contributed by atoms with Gasteiger partial charge in [0.25, 0.3) is 0 Å².